The zero-order valence-electron chi connectivity index (χ0n) is 10.2. The molecule has 2 heterocycles. The molecule has 3 rings (SSSR count). The van der Waals surface area contributed by atoms with E-state index in [1.165, 1.54) is 19.3 Å². The van der Waals surface area contributed by atoms with E-state index in [1.807, 2.05) is 6.07 Å². The molecule has 1 aliphatic heterocycles. The molecule has 4 nitrogen and oxygen atoms in total. The molecule has 0 bridgehead atoms. The first-order valence-corrected chi connectivity index (χ1v) is 6.34. The number of benzene rings is 1. The van der Waals surface area contributed by atoms with Gasteiger partial charge < -0.3 is 4.42 Å². The molecule has 1 aromatic heterocycles. The fourth-order valence-electron chi connectivity index (χ4n) is 2.41. The lowest BCUT2D eigenvalue weighted by molar-refractivity contribution is 0.203. The molecule has 1 aliphatic rings. The van der Waals surface area contributed by atoms with Crippen LogP contribution in [0.25, 0.3) is 15.9 Å². The van der Waals surface area contributed by atoms with E-state index in [-0.39, 0.29) is 0 Å². The Balaban J connectivity index is 1.82. The minimum absolute atomic E-state index is 0.611. The van der Waals surface area contributed by atoms with E-state index in [4.69, 9.17) is 11.0 Å². The maximum absolute atomic E-state index is 6.99. The summed E-state index contributed by atoms with van der Waals surface area (Å²) >= 11 is 0. The van der Waals surface area contributed by atoms with Crippen LogP contribution in [0.2, 0.25) is 0 Å². The van der Waals surface area contributed by atoms with Crippen molar-refractivity contribution >= 4 is 16.8 Å². The smallest absolute Gasteiger partial charge is 0.209 e. The summed E-state index contributed by atoms with van der Waals surface area (Å²) in [6.45, 7) is 10.0. The van der Waals surface area contributed by atoms with Gasteiger partial charge in [-0.3, -0.25) is 4.90 Å². The zero-order chi connectivity index (χ0) is 12.4. The Hall–Kier alpha value is -1.86. The third-order valence-corrected chi connectivity index (χ3v) is 3.35. The maximum atomic E-state index is 6.99. The van der Waals surface area contributed by atoms with Gasteiger partial charge in [-0.1, -0.05) is 12.5 Å². The zero-order valence-corrected chi connectivity index (χ0v) is 10.2. The number of hydrogen-bond acceptors (Lipinski definition) is 3. The molecule has 1 aromatic carbocycles. The third kappa shape index (κ3) is 2.22. The van der Waals surface area contributed by atoms with Gasteiger partial charge in [-0.05, 0) is 38.1 Å². The van der Waals surface area contributed by atoms with Crippen molar-refractivity contribution < 1.29 is 4.42 Å². The Morgan fingerprint density at radius 1 is 1.28 bits per heavy atom. The van der Waals surface area contributed by atoms with E-state index < -0.39 is 0 Å². The molecule has 0 unspecified atom stereocenters. The molecule has 2 aromatic rings. The molecule has 4 heteroatoms. The maximum Gasteiger partial charge on any atom is 0.209 e. The van der Waals surface area contributed by atoms with Crippen LogP contribution in [0.4, 0.5) is 5.69 Å². The minimum Gasteiger partial charge on any atom is -0.439 e. The Bertz CT molecular complexity index is 591. The summed E-state index contributed by atoms with van der Waals surface area (Å²) in [5, 5.41) is 0. The molecule has 18 heavy (non-hydrogen) atoms. The Kier molecular flexibility index (Phi) is 2.99. The fraction of sp³-hybridized carbons (Fsp3) is 0.429. The summed E-state index contributed by atoms with van der Waals surface area (Å²) in [7, 11) is 0. The molecular formula is C14H15N3O. The summed E-state index contributed by atoms with van der Waals surface area (Å²) in [4.78, 5) is 10.2. The van der Waals surface area contributed by atoms with Crippen molar-refractivity contribution in [3.05, 3.63) is 35.5 Å². The average Bonchev–Trinajstić information content (AvgIpc) is 2.80. The van der Waals surface area contributed by atoms with Crippen LogP contribution in [-0.2, 0) is 6.54 Å². The van der Waals surface area contributed by atoms with Crippen molar-refractivity contribution in [3.63, 3.8) is 0 Å². The molecule has 0 amide bonds. The Labute approximate surface area is 106 Å². The van der Waals surface area contributed by atoms with E-state index in [9.17, 15) is 0 Å². The largest absolute Gasteiger partial charge is 0.439 e. The second-order valence-electron chi connectivity index (χ2n) is 4.71. The lowest BCUT2D eigenvalue weighted by Crippen LogP contribution is -2.29. The van der Waals surface area contributed by atoms with E-state index >= 15 is 0 Å². The van der Waals surface area contributed by atoms with Crippen LogP contribution < -0.4 is 0 Å². The van der Waals surface area contributed by atoms with Gasteiger partial charge in [0, 0.05) is 0 Å². The van der Waals surface area contributed by atoms with Crippen molar-refractivity contribution in [1.29, 1.82) is 0 Å². The highest BCUT2D eigenvalue weighted by Crippen LogP contribution is 2.23. The number of oxazole rings is 1. The topological polar surface area (TPSA) is 33.6 Å². The number of nitrogens with zero attached hydrogens (tertiary/aromatic N) is 3. The lowest BCUT2D eigenvalue weighted by Gasteiger charge is -2.24. The van der Waals surface area contributed by atoms with Gasteiger partial charge >= 0.3 is 0 Å². The van der Waals surface area contributed by atoms with Gasteiger partial charge in [0.15, 0.2) is 11.3 Å². The van der Waals surface area contributed by atoms with Crippen molar-refractivity contribution in [3.8, 4) is 0 Å². The highest BCUT2D eigenvalue weighted by molar-refractivity contribution is 5.77. The second kappa shape index (κ2) is 4.79. The molecule has 0 aliphatic carbocycles. The second-order valence-corrected chi connectivity index (χ2v) is 4.71. The highest BCUT2D eigenvalue weighted by atomic mass is 16.3. The molecule has 92 valence electrons. The molecular weight excluding hydrogens is 226 g/mol. The Morgan fingerprint density at radius 2 is 2.11 bits per heavy atom. The van der Waals surface area contributed by atoms with Crippen molar-refractivity contribution in [2.24, 2.45) is 0 Å². The molecule has 0 radical (unpaired) electrons. The quantitative estimate of drug-likeness (QED) is 0.756. The third-order valence-electron chi connectivity index (χ3n) is 3.35. The average molecular weight is 241 g/mol. The predicted molar refractivity (Wildman–Crippen MR) is 69.4 cm³/mol. The van der Waals surface area contributed by atoms with Gasteiger partial charge in [-0.25, -0.2) is 9.83 Å². The van der Waals surface area contributed by atoms with Crippen LogP contribution in [0.3, 0.4) is 0 Å². The van der Waals surface area contributed by atoms with Crippen LogP contribution in [0.1, 0.15) is 25.2 Å². The number of aromatic nitrogens is 1. The summed E-state index contributed by atoms with van der Waals surface area (Å²) in [6.07, 6.45) is 3.86. The number of fused-ring (bicyclic) bond motifs is 1. The number of likely N-dealkylation sites (tertiary alicyclic amines) is 1. The minimum atomic E-state index is 0.611. The summed E-state index contributed by atoms with van der Waals surface area (Å²) < 4.78 is 5.71. The summed E-state index contributed by atoms with van der Waals surface area (Å²) in [5.74, 6) is 0.758. The lowest BCUT2D eigenvalue weighted by atomic mass is 10.1. The molecule has 0 spiro atoms. The van der Waals surface area contributed by atoms with E-state index in [0.29, 0.717) is 5.69 Å². The fourth-order valence-corrected chi connectivity index (χ4v) is 2.41. The molecule has 0 atom stereocenters. The molecule has 1 fully saturated rings. The van der Waals surface area contributed by atoms with Crippen molar-refractivity contribution in [2.75, 3.05) is 13.1 Å². The van der Waals surface area contributed by atoms with Crippen LogP contribution in [0.5, 0.6) is 0 Å². The number of rotatable bonds is 2. The van der Waals surface area contributed by atoms with Crippen LogP contribution in [0, 0.1) is 6.57 Å². The Morgan fingerprint density at radius 3 is 2.89 bits per heavy atom. The van der Waals surface area contributed by atoms with E-state index in [0.717, 1.165) is 36.6 Å². The number of hydrogen-bond donors (Lipinski definition) is 0. The first-order valence-electron chi connectivity index (χ1n) is 6.34. The highest BCUT2D eigenvalue weighted by Gasteiger charge is 2.14. The van der Waals surface area contributed by atoms with E-state index in [2.05, 4.69) is 14.7 Å². The van der Waals surface area contributed by atoms with Gasteiger partial charge in [0.1, 0.15) is 0 Å². The van der Waals surface area contributed by atoms with Gasteiger partial charge in [-0.2, -0.15) is 0 Å². The van der Waals surface area contributed by atoms with Gasteiger partial charge in [-0.15, -0.1) is 0 Å². The van der Waals surface area contributed by atoms with Crippen LogP contribution >= 0.6 is 0 Å². The first kappa shape index (κ1) is 11.2. The SMILES string of the molecule is [C-]#[N+]c1ccc2oc(CN3CCCCC3)nc2c1. The monoisotopic (exact) mass is 241 g/mol. The summed E-state index contributed by atoms with van der Waals surface area (Å²) in [6, 6.07) is 5.38. The molecule has 0 N–H and O–H groups in total. The van der Waals surface area contributed by atoms with Gasteiger partial charge in [0.2, 0.25) is 5.89 Å². The molecule has 1 saturated heterocycles. The van der Waals surface area contributed by atoms with Crippen molar-refractivity contribution in [1.82, 2.24) is 9.88 Å². The van der Waals surface area contributed by atoms with Crippen LogP contribution in [-0.4, -0.2) is 23.0 Å². The number of piperidine rings is 1. The predicted octanol–water partition coefficient (Wildman–Crippen LogP) is 3.36. The van der Waals surface area contributed by atoms with Gasteiger partial charge in [0.25, 0.3) is 0 Å². The first-order chi connectivity index (χ1) is 8.85. The normalized spacial score (nSPS) is 16.8. The molecule has 0 saturated carbocycles. The van der Waals surface area contributed by atoms with Crippen molar-refractivity contribution in [2.45, 2.75) is 25.8 Å². The standard InChI is InChI=1S/C14H15N3O/c1-15-11-5-6-13-12(9-11)16-14(18-13)10-17-7-3-2-4-8-17/h5-6,9H,2-4,7-8,10H2. The van der Waals surface area contributed by atoms with Gasteiger partial charge in [0.05, 0.1) is 18.6 Å². The van der Waals surface area contributed by atoms with Crippen LogP contribution in [0.15, 0.2) is 22.6 Å². The van der Waals surface area contributed by atoms with E-state index in [1.54, 1.807) is 12.1 Å². The summed E-state index contributed by atoms with van der Waals surface area (Å²) in [5.41, 5.74) is 2.17.